The van der Waals surface area contributed by atoms with E-state index in [9.17, 15) is 14.1 Å². The molecular formula is C28H34N8O4S. The predicted molar refractivity (Wildman–Crippen MR) is 160 cm³/mol. The van der Waals surface area contributed by atoms with Crippen LogP contribution < -0.4 is 21.3 Å². The van der Waals surface area contributed by atoms with Crippen molar-refractivity contribution in [1.29, 1.82) is 4.78 Å². The van der Waals surface area contributed by atoms with Crippen molar-refractivity contribution in [2.75, 3.05) is 34.1 Å². The van der Waals surface area contributed by atoms with Gasteiger partial charge in [-0.05, 0) is 42.8 Å². The molecule has 41 heavy (non-hydrogen) atoms. The van der Waals surface area contributed by atoms with Crippen LogP contribution >= 0.6 is 0 Å². The van der Waals surface area contributed by atoms with Crippen molar-refractivity contribution in [3.8, 4) is 11.1 Å². The standard InChI is InChI=1S/C28H34N8O4S/c1-17(16-37)31-25-22(15-30-26(35-25)32-20-7-6-8-21(13-20)41(5,29)39)18-9-11-19(12-10-18)33-27(38)34-24-14-23(40-36-24)28(2,3)4/h6-15,17,29,37H,16H2,1-5H3,(H2,30,31,32,35)(H2,33,34,36,38). The van der Waals surface area contributed by atoms with Crippen LogP contribution in [0.15, 0.2) is 70.2 Å². The van der Waals surface area contributed by atoms with Gasteiger partial charge >= 0.3 is 6.03 Å². The normalized spacial score (nSPS) is 13.6. The van der Waals surface area contributed by atoms with Crippen LogP contribution in [-0.2, 0) is 15.1 Å². The lowest BCUT2D eigenvalue weighted by Crippen LogP contribution is -2.21. The van der Waals surface area contributed by atoms with Gasteiger partial charge in [-0.3, -0.25) is 5.32 Å². The first-order valence-electron chi connectivity index (χ1n) is 12.8. The van der Waals surface area contributed by atoms with E-state index < -0.39 is 15.8 Å². The number of hydrogen-bond donors (Lipinski definition) is 6. The summed E-state index contributed by atoms with van der Waals surface area (Å²) >= 11 is 0. The van der Waals surface area contributed by atoms with E-state index in [1.54, 1.807) is 48.7 Å². The van der Waals surface area contributed by atoms with Crippen LogP contribution in [0.2, 0.25) is 0 Å². The molecule has 0 aliphatic rings. The Morgan fingerprint density at radius 2 is 1.83 bits per heavy atom. The second kappa shape index (κ2) is 11.9. The number of rotatable bonds is 9. The molecule has 2 unspecified atom stereocenters. The van der Waals surface area contributed by atoms with Gasteiger partial charge in [-0.25, -0.2) is 18.8 Å². The lowest BCUT2D eigenvalue weighted by Gasteiger charge is -2.17. The summed E-state index contributed by atoms with van der Waals surface area (Å²) in [7, 11) is -2.88. The first-order valence-corrected chi connectivity index (χ1v) is 14.8. The van der Waals surface area contributed by atoms with E-state index in [-0.39, 0.29) is 24.0 Å². The quantitative estimate of drug-likeness (QED) is 0.146. The van der Waals surface area contributed by atoms with E-state index >= 15 is 0 Å². The van der Waals surface area contributed by atoms with Gasteiger partial charge in [-0.1, -0.05) is 44.1 Å². The number of aromatic nitrogens is 3. The summed E-state index contributed by atoms with van der Waals surface area (Å²) in [6, 6.07) is 14.8. The van der Waals surface area contributed by atoms with E-state index in [0.717, 1.165) is 5.56 Å². The van der Waals surface area contributed by atoms with E-state index in [1.807, 2.05) is 39.8 Å². The Labute approximate surface area is 239 Å². The molecule has 2 amide bonds. The highest BCUT2D eigenvalue weighted by Crippen LogP contribution is 2.30. The second-order valence-electron chi connectivity index (χ2n) is 10.7. The summed E-state index contributed by atoms with van der Waals surface area (Å²) in [5.74, 6) is 1.74. The van der Waals surface area contributed by atoms with Gasteiger partial charge in [0, 0.05) is 51.8 Å². The van der Waals surface area contributed by atoms with Gasteiger partial charge in [-0.15, -0.1) is 0 Å². The lowest BCUT2D eigenvalue weighted by molar-refractivity contribution is 0.262. The Morgan fingerprint density at radius 3 is 2.46 bits per heavy atom. The van der Waals surface area contributed by atoms with E-state index in [1.165, 1.54) is 6.26 Å². The molecular weight excluding hydrogens is 544 g/mol. The molecule has 4 rings (SSSR count). The maximum absolute atomic E-state index is 12.5. The van der Waals surface area contributed by atoms with E-state index in [4.69, 9.17) is 9.30 Å². The van der Waals surface area contributed by atoms with Crippen LogP contribution in [-0.4, -0.2) is 49.4 Å². The number of aliphatic hydroxyl groups excluding tert-OH is 1. The second-order valence-corrected chi connectivity index (χ2v) is 12.8. The Morgan fingerprint density at radius 1 is 1.10 bits per heavy atom. The zero-order valence-electron chi connectivity index (χ0n) is 23.5. The summed E-state index contributed by atoms with van der Waals surface area (Å²) in [5.41, 5.74) is 2.38. The summed E-state index contributed by atoms with van der Waals surface area (Å²) in [4.78, 5) is 21.9. The van der Waals surface area contributed by atoms with Crippen LogP contribution in [0.25, 0.3) is 11.1 Å². The van der Waals surface area contributed by atoms with Crippen LogP contribution in [0.5, 0.6) is 0 Å². The molecule has 0 saturated carbocycles. The third kappa shape index (κ3) is 7.80. The number of anilines is 5. The van der Waals surface area contributed by atoms with Crippen molar-refractivity contribution in [2.24, 2.45) is 0 Å². The molecule has 0 saturated heterocycles. The van der Waals surface area contributed by atoms with Crippen LogP contribution in [0.1, 0.15) is 33.5 Å². The van der Waals surface area contributed by atoms with Crippen LogP contribution in [0.4, 0.5) is 33.8 Å². The fourth-order valence-corrected chi connectivity index (χ4v) is 4.38. The maximum atomic E-state index is 12.5. The molecule has 2 aromatic carbocycles. The predicted octanol–water partition coefficient (Wildman–Crippen LogP) is 5.64. The highest BCUT2D eigenvalue weighted by atomic mass is 32.2. The van der Waals surface area contributed by atoms with Crippen molar-refractivity contribution in [3.05, 3.63) is 66.6 Å². The van der Waals surface area contributed by atoms with Crippen molar-refractivity contribution in [2.45, 2.75) is 44.0 Å². The summed E-state index contributed by atoms with van der Waals surface area (Å²) in [6.07, 6.45) is 3.01. The molecule has 2 atom stereocenters. The highest BCUT2D eigenvalue weighted by Gasteiger charge is 2.20. The zero-order valence-corrected chi connectivity index (χ0v) is 24.3. The van der Waals surface area contributed by atoms with Gasteiger partial charge in [0.2, 0.25) is 5.95 Å². The Bertz CT molecular complexity index is 1630. The van der Waals surface area contributed by atoms with Gasteiger partial charge in [0.25, 0.3) is 0 Å². The minimum absolute atomic E-state index is 0.108. The highest BCUT2D eigenvalue weighted by molar-refractivity contribution is 7.91. The van der Waals surface area contributed by atoms with E-state index in [2.05, 4.69) is 36.4 Å². The van der Waals surface area contributed by atoms with Crippen LogP contribution in [0, 0.1) is 4.78 Å². The lowest BCUT2D eigenvalue weighted by atomic mass is 9.93. The number of hydrogen-bond acceptors (Lipinski definition) is 10. The number of nitrogens with zero attached hydrogens (tertiary/aromatic N) is 3. The first-order chi connectivity index (χ1) is 19.3. The Balaban J connectivity index is 1.51. The monoisotopic (exact) mass is 578 g/mol. The zero-order chi connectivity index (χ0) is 29.8. The minimum atomic E-state index is -2.88. The average Bonchev–Trinajstić information content (AvgIpc) is 3.38. The SMILES string of the molecule is CC(CO)Nc1nc(Nc2cccc(S(C)(=N)=O)c2)ncc1-c1ccc(NC(=O)Nc2cc(C(C)(C)C)on2)cc1. The van der Waals surface area contributed by atoms with Crippen molar-refractivity contribution < 1.29 is 18.6 Å². The molecule has 13 heteroatoms. The molecule has 12 nitrogen and oxygen atoms in total. The van der Waals surface area contributed by atoms with Gasteiger partial charge < -0.3 is 25.6 Å². The fourth-order valence-electron chi connectivity index (χ4n) is 3.69. The first kappa shape index (κ1) is 29.5. The van der Waals surface area contributed by atoms with E-state index in [0.29, 0.717) is 39.2 Å². The van der Waals surface area contributed by atoms with Crippen LogP contribution in [0.3, 0.4) is 0 Å². The molecule has 0 aliphatic heterocycles. The van der Waals surface area contributed by atoms with Crippen molar-refractivity contribution in [1.82, 2.24) is 15.1 Å². The molecule has 0 aliphatic carbocycles. The molecule has 216 valence electrons. The molecule has 0 bridgehead atoms. The molecule has 0 radical (unpaired) electrons. The van der Waals surface area contributed by atoms with Crippen molar-refractivity contribution >= 4 is 44.7 Å². The number of benzene rings is 2. The molecule has 0 spiro atoms. The minimum Gasteiger partial charge on any atom is -0.394 e. The van der Waals surface area contributed by atoms with Crippen molar-refractivity contribution in [3.63, 3.8) is 0 Å². The molecule has 0 fully saturated rings. The fraction of sp³-hybridized carbons (Fsp3) is 0.286. The van der Waals surface area contributed by atoms with Gasteiger partial charge in [0.1, 0.15) is 11.6 Å². The maximum Gasteiger partial charge on any atom is 0.324 e. The molecule has 4 aromatic rings. The Hall–Kier alpha value is -4.49. The largest absolute Gasteiger partial charge is 0.394 e. The smallest absolute Gasteiger partial charge is 0.324 e. The number of urea groups is 1. The average molecular weight is 579 g/mol. The topological polar surface area (TPSA) is 178 Å². The third-order valence-electron chi connectivity index (χ3n) is 5.93. The van der Waals surface area contributed by atoms with Gasteiger partial charge in [0.15, 0.2) is 5.82 Å². The molecule has 6 N–H and O–H groups in total. The number of amides is 2. The molecule has 2 aromatic heterocycles. The third-order valence-corrected chi connectivity index (χ3v) is 7.08. The number of carbonyl (C=O) groups is 1. The summed E-state index contributed by atoms with van der Waals surface area (Å²) in [6.45, 7) is 7.68. The summed E-state index contributed by atoms with van der Waals surface area (Å²) < 4.78 is 25.3. The van der Waals surface area contributed by atoms with Gasteiger partial charge in [-0.2, -0.15) is 4.98 Å². The molecule has 2 heterocycles. The number of carbonyl (C=O) groups excluding carboxylic acids is 1. The number of nitrogens with one attached hydrogen (secondary N) is 5. The Kier molecular flexibility index (Phi) is 8.59. The number of aliphatic hydroxyl groups is 1. The van der Waals surface area contributed by atoms with Gasteiger partial charge in [0.05, 0.1) is 16.3 Å². The summed E-state index contributed by atoms with van der Waals surface area (Å²) in [5, 5.41) is 25.2.